The molecule has 1 aromatic heterocycles. The third kappa shape index (κ3) is 1.47. The number of nitrogens with zero attached hydrogens (tertiary/aromatic N) is 1. The second-order valence-electron chi connectivity index (χ2n) is 3.13. The minimum Gasteiger partial charge on any atom is -0.423 e. The third-order valence-electron chi connectivity index (χ3n) is 1.96. The predicted octanol–water partition coefficient (Wildman–Crippen LogP) is -0.133. The van der Waals surface area contributed by atoms with Crippen molar-refractivity contribution < 1.29 is 10.0 Å². The van der Waals surface area contributed by atoms with Crippen LogP contribution in [0.2, 0.25) is 0 Å². The maximum absolute atomic E-state index is 9.13. The van der Waals surface area contributed by atoms with Crippen molar-refractivity contribution in [2.75, 3.05) is 5.73 Å². The zero-order valence-electron chi connectivity index (χ0n) is 7.56. The summed E-state index contributed by atoms with van der Waals surface area (Å²) in [6.45, 7) is 1.89. The number of thiazole rings is 1. The van der Waals surface area contributed by atoms with E-state index in [2.05, 4.69) is 4.98 Å². The van der Waals surface area contributed by atoms with Gasteiger partial charge in [-0.25, -0.2) is 4.98 Å². The Morgan fingerprint density at radius 3 is 2.79 bits per heavy atom. The highest BCUT2D eigenvalue weighted by atomic mass is 32.1. The van der Waals surface area contributed by atoms with Crippen molar-refractivity contribution in [2.45, 2.75) is 6.92 Å². The highest BCUT2D eigenvalue weighted by Crippen LogP contribution is 2.23. The number of hydrogen-bond donors (Lipinski definition) is 3. The minimum atomic E-state index is -1.50. The predicted molar refractivity (Wildman–Crippen MR) is 58.6 cm³/mol. The van der Waals surface area contributed by atoms with Crippen LogP contribution < -0.4 is 11.2 Å². The van der Waals surface area contributed by atoms with Crippen LogP contribution in [0.3, 0.4) is 0 Å². The van der Waals surface area contributed by atoms with E-state index in [1.54, 1.807) is 6.07 Å². The maximum atomic E-state index is 9.13. The van der Waals surface area contributed by atoms with Gasteiger partial charge in [-0.15, -0.1) is 0 Å². The molecule has 1 heterocycles. The number of nitrogens with two attached hydrogens (primary N) is 1. The van der Waals surface area contributed by atoms with Crippen LogP contribution in [0.25, 0.3) is 10.2 Å². The number of fused-ring (bicyclic) bond motifs is 1. The SMILES string of the molecule is Cc1cc(B(O)O)c2nc(N)sc2c1. The van der Waals surface area contributed by atoms with Gasteiger partial charge in [0, 0.05) is 5.46 Å². The Labute approximate surface area is 85.2 Å². The van der Waals surface area contributed by atoms with E-state index in [9.17, 15) is 0 Å². The van der Waals surface area contributed by atoms with Gasteiger partial charge in [-0.3, -0.25) is 0 Å². The Bertz CT molecular complexity index is 483. The lowest BCUT2D eigenvalue weighted by atomic mass is 9.79. The average molecular weight is 208 g/mol. The molecular formula is C8H9BN2O2S. The van der Waals surface area contributed by atoms with Gasteiger partial charge in [-0.05, 0) is 18.6 Å². The van der Waals surface area contributed by atoms with Crippen LogP contribution in [-0.4, -0.2) is 22.2 Å². The van der Waals surface area contributed by atoms with Crippen LogP contribution in [0, 0.1) is 6.92 Å². The Balaban J connectivity index is 2.79. The van der Waals surface area contributed by atoms with Crippen LogP contribution in [0.5, 0.6) is 0 Å². The fraction of sp³-hybridized carbons (Fsp3) is 0.125. The highest BCUT2D eigenvalue weighted by molar-refractivity contribution is 7.22. The summed E-state index contributed by atoms with van der Waals surface area (Å²) < 4.78 is 0.880. The Morgan fingerprint density at radius 1 is 1.43 bits per heavy atom. The van der Waals surface area contributed by atoms with Gasteiger partial charge in [0.2, 0.25) is 0 Å². The molecule has 0 aliphatic heterocycles. The molecule has 14 heavy (non-hydrogen) atoms. The van der Waals surface area contributed by atoms with Gasteiger partial charge in [0.1, 0.15) is 0 Å². The molecule has 0 atom stereocenters. The summed E-state index contributed by atoms with van der Waals surface area (Å²) >= 11 is 1.34. The monoisotopic (exact) mass is 208 g/mol. The van der Waals surface area contributed by atoms with Crippen LogP contribution in [-0.2, 0) is 0 Å². The lowest BCUT2D eigenvalue weighted by Crippen LogP contribution is -2.30. The molecule has 0 bridgehead atoms. The van der Waals surface area contributed by atoms with E-state index < -0.39 is 7.12 Å². The first-order chi connectivity index (χ1) is 6.58. The summed E-state index contributed by atoms with van der Waals surface area (Å²) in [5, 5.41) is 18.7. The largest absolute Gasteiger partial charge is 0.490 e. The number of hydrogen-bond acceptors (Lipinski definition) is 5. The smallest absolute Gasteiger partial charge is 0.423 e. The van der Waals surface area contributed by atoms with Gasteiger partial charge in [0.25, 0.3) is 0 Å². The first-order valence-corrected chi connectivity index (χ1v) is 4.92. The average Bonchev–Trinajstić information content (AvgIpc) is 2.42. The molecule has 2 aromatic rings. The van der Waals surface area contributed by atoms with Gasteiger partial charge >= 0.3 is 7.12 Å². The number of nitrogen functional groups attached to an aromatic ring is 1. The van der Waals surface area contributed by atoms with E-state index in [4.69, 9.17) is 15.8 Å². The van der Waals surface area contributed by atoms with E-state index in [1.807, 2.05) is 13.0 Å². The Hall–Kier alpha value is -1.11. The van der Waals surface area contributed by atoms with Gasteiger partial charge < -0.3 is 15.8 Å². The third-order valence-corrected chi connectivity index (χ3v) is 2.80. The van der Waals surface area contributed by atoms with Crippen LogP contribution in [0.1, 0.15) is 5.56 Å². The molecule has 0 unspecified atom stereocenters. The standard InChI is InChI=1S/C8H9BN2O2S/c1-4-2-5(9(12)13)7-6(3-4)14-8(10)11-7/h2-3,12-13H,1H3,(H2,10,11). The molecule has 4 nitrogen and oxygen atoms in total. The molecule has 0 aliphatic carbocycles. The van der Waals surface area contributed by atoms with E-state index in [0.717, 1.165) is 10.3 Å². The summed E-state index contributed by atoms with van der Waals surface area (Å²) in [7, 11) is -1.50. The molecule has 72 valence electrons. The quantitative estimate of drug-likeness (QED) is 0.570. The van der Waals surface area contributed by atoms with Crippen molar-refractivity contribution in [3.05, 3.63) is 17.7 Å². The number of aryl methyl sites for hydroxylation is 1. The van der Waals surface area contributed by atoms with E-state index in [1.165, 1.54) is 11.3 Å². The minimum absolute atomic E-state index is 0.410. The Morgan fingerprint density at radius 2 is 2.14 bits per heavy atom. The first-order valence-electron chi connectivity index (χ1n) is 4.10. The van der Waals surface area contributed by atoms with Crippen molar-refractivity contribution in [3.63, 3.8) is 0 Å². The summed E-state index contributed by atoms with van der Waals surface area (Å²) in [6.07, 6.45) is 0. The molecule has 0 saturated carbocycles. The highest BCUT2D eigenvalue weighted by Gasteiger charge is 2.17. The van der Waals surface area contributed by atoms with Crippen LogP contribution in [0.4, 0.5) is 5.13 Å². The first kappa shape index (κ1) is 9.45. The second-order valence-corrected chi connectivity index (χ2v) is 4.19. The normalized spacial score (nSPS) is 10.8. The number of benzene rings is 1. The zero-order chi connectivity index (χ0) is 10.3. The molecule has 0 aliphatic rings. The van der Waals surface area contributed by atoms with Crippen molar-refractivity contribution in [3.8, 4) is 0 Å². The lowest BCUT2D eigenvalue weighted by molar-refractivity contribution is 0.426. The van der Waals surface area contributed by atoms with E-state index >= 15 is 0 Å². The Kier molecular flexibility index (Phi) is 2.18. The maximum Gasteiger partial charge on any atom is 0.490 e. The number of anilines is 1. The summed E-state index contributed by atoms with van der Waals surface area (Å²) in [6, 6.07) is 3.63. The molecule has 0 spiro atoms. The van der Waals surface area contributed by atoms with Gasteiger partial charge in [-0.1, -0.05) is 17.4 Å². The molecule has 2 rings (SSSR count). The second kappa shape index (κ2) is 3.23. The van der Waals surface area contributed by atoms with Gasteiger partial charge in [0.15, 0.2) is 5.13 Å². The van der Waals surface area contributed by atoms with Crippen molar-refractivity contribution in [1.29, 1.82) is 0 Å². The van der Waals surface area contributed by atoms with Crippen molar-refractivity contribution in [2.24, 2.45) is 0 Å². The number of aromatic nitrogens is 1. The molecular weight excluding hydrogens is 199 g/mol. The van der Waals surface area contributed by atoms with Crippen molar-refractivity contribution in [1.82, 2.24) is 4.98 Å². The fourth-order valence-electron chi connectivity index (χ4n) is 1.41. The molecule has 0 radical (unpaired) electrons. The number of rotatable bonds is 1. The fourth-order valence-corrected chi connectivity index (χ4v) is 2.28. The zero-order valence-corrected chi connectivity index (χ0v) is 8.38. The van der Waals surface area contributed by atoms with E-state index in [0.29, 0.717) is 16.1 Å². The van der Waals surface area contributed by atoms with Crippen LogP contribution >= 0.6 is 11.3 Å². The van der Waals surface area contributed by atoms with Crippen molar-refractivity contribution >= 4 is 39.3 Å². The summed E-state index contributed by atoms with van der Waals surface area (Å²) in [5.41, 5.74) is 7.50. The molecule has 1 aromatic carbocycles. The molecule has 6 heteroatoms. The van der Waals surface area contributed by atoms with Crippen LogP contribution in [0.15, 0.2) is 12.1 Å². The topological polar surface area (TPSA) is 79.4 Å². The molecule has 0 amide bonds. The lowest BCUT2D eigenvalue weighted by Gasteiger charge is -2.01. The van der Waals surface area contributed by atoms with Gasteiger partial charge in [-0.2, -0.15) is 0 Å². The van der Waals surface area contributed by atoms with Gasteiger partial charge in [0.05, 0.1) is 10.2 Å². The molecule has 0 fully saturated rings. The molecule has 0 saturated heterocycles. The summed E-state index contributed by atoms with van der Waals surface area (Å²) in [5.74, 6) is 0. The summed E-state index contributed by atoms with van der Waals surface area (Å²) in [4.78, 5) is 4.05. The molecule has 4 N–H and O–H groups in total. The van der Waals surface area contributed by atoms with E-state index in [-0.39, 0.29) is 0 Å².